The van der Waals surface area contributed by atoms with Crippen molar-refractivity contribution >= 4 is 23.3 Å². The molecule has 0 radical (unpaired) electrons. The smallest absolute Gasteiger partial charge is 0.337 e. The quantitative estimate of drug-likeness (QED) is 0.458. The van der Waals surface area contributed by atoms with Crippen LogP contribution in [0.4, 0.5) is 5.69 Å². The molecule has 0 atom stereocenters. The summed E-state index contributed by atoms with van der Waals surface area (Å²) in [5.41, 5.74) is 5.19. The predicted octanol–water partition coefficient (Wildman–Crippen LogP) is 1.33. The van der Waals surface area contributed by atoms with Crippen LogP contribution in [0.3, 0.4) is 0 Å². The molecule has 4 nitrogen and oxygen atoms in total. The van der Waals surface area contributed by atoms with E-state index >= 15 is 0 Å². The number of nitrogens with two attached hydrogens (primary N) is 1. The van der Waals surface area contributed by atoms with Gasteiger partial charge in [-0.2, -0.15) is 0 Å². The van der Waals surface area contributed by atoms with Gasteiger partial charge in [0, 0.05) is 5.69 Å². The standard InChI is InChI=1S/C7H6ClNO3/c8-4-2-5(9)3(7(11)12)1-6(4)10/h1-2,10H,9H2,(H,11,12). The van der Waals surface area contributed by atoms with Crippen molar-refractivity contribution in [1.29, 1.82) is 0 Å². The lowest BCUT2D eigenvalue weighted by Crippen LogP contribution is -2.01. The summed E-state index contributed by atoms with van der Waals surface area (Å²) < 4.78 is 0. The summed E-state index contributed by atoms with van der Waals surface area (Å²) in [5, 5.41) is 17.6. The first kappa shape index (κ1) is 8.67. The first-order valence-electron chi connectivity index (χ1n) is 3.03. The molecule has 1 aromatic rings. The van der Waals surface area contributed by atoms with Crippen LogP contribution in [-0.2, 0) is 0 Å². The second kappa shape index (κ2) is 2.91. The molecule has 4 N–H and O–H groups in total. The number of carbonyl (C=O) groups is 1. The van der Waals surface area contributed by atoms with Crippen LogP contribution in [0.15, 0.2) is 12.1 Å². The van der Waals surface area contributed by atoms with E-state index in [1.807, 2.05) is 0 Å². The SMILES string of the molecule is Nc1cc(Cl)c(O)cc1C(=O)O. The number of rotatable bonds is 1. The number of anilines is 1. The monoisotopic (exact) mass is 187 g/mol. The van der Waals surface area contributed by atoms with Gasteiger partial charge in [0.25, 0.3) is 0 Å². The van der Waals surface area contributed by atoms with Crippen LogP contribution in [0.2, 0.25) is 5.02 Å². The molecule has 0 aliphatic carbocycles. The summed E-state index contributed by atoms with van der Waals surface area (Å²) >= 11 is 5.47. The number of carboxylic acid groups (broad SMARTS) is 1. The normalized spacial score (nSPS) is 9.75. The zero-order valence-electron chi connectivity index (χ0n) is 5.91. The van der Waals surface area contributed by atoms with Crippen LogP contribution < -0.4 is 5.73 Å². The molecule has 0 bridgehead atoms. The molecule has 64 valence electrons. The lowest BCUT2D eigenvalue weighted by Gasteiger charge is -2.02. The second-order valence-corrected chi connectivity index (χ2v) is 2.60. The zero-order valence-corrected chi connectivity index (χ0v) is 6.67. The van der Waals surface area contributed by atoms with Crippen molar-refractivity contribution in [2.45, 2.75) is 0 Å². The van der Waals surface area contributed by atoms with Crippen molar-refractivity contribution in [3.63, 3.8) is 0 Å². The molecular weight excluding hydrogens is 182 g/mol. The lowest BCUT2D eigenvalue weighted by molar-refractivity contribution is 0.0697. The number of hydrogen-bond acceptors (Lipinski definition) is 3. The molecule has 0 amide bonds. The second-order valence-electron chi connectivity index (χ2n) is 2.20. The van der Waals surface area contributed by atoms with Gasteiger partial charge in [-0.1, -0.05) is 11.6 Å². The van der Waals surface area contributed by atoms with E-state index in [9.17, 15) is 4.79 Å². The number of aromatic hydroxyl groups is 1. The first-order chi connectivity index (χ1) is 5.52. The maximum atomic E-state index is 10.5. The van der Waals surface area contributed by atoms with Crippen molar-refractivity contribution in [2.24, 2.45) is 0 Å². The summed E-state index contributed by atoms with van der Waals surface area (Å²) in [6.45, 7) is 0. The molecular formula is C7H6ClNO3. The third-order valence-electron chi connectivity index (χ3n) is 1.35. The largest absolute Gasteiger partial charge is 0.506 e. The minimum atomic E-state index is -1.19. The highest BCUT2D eigenvalue weighted by Gasteiger charge is 2.10. The Bertz CT molecular complexity index is 338. The number of phenols is 1. The van der Waals surface area contributed by atoms with Gasteiger partial charge in [-0.15, -0.1) is 0 Å². The maximum absolute atomic E-state index is 10.5. The summed E-state index contributed by atoms with van der Waals surface area (Å²) in [6, 6.07) is 2.21. The minimum absolute atomic E-state index is 0.0327. The zero-order chi connectivity index (χ0) is 9.30. The number of hydrogen-bond donors (Lipinski definition) is 3. The molecule has 0 spiro atoms. The number of nitrogen functional groups attached to an aromatic ring is 1. The summed E-state index contributed by atoms with van der Waals surface area (Å²) in [5.74, 6) is -1.48. The fourth-order valence-corrected chi connectivity index (χ4v) is 0.935. The molecule has 0 aromatic heterocycles. The van der Waals surface area contributed by atoms with E-state index in [0.717, 1.165) is 6.07 Å². The fraction of sp³-hybridized carbons (Fsp3) is 0. The molecule has 1 aromatic carbocycles. The topological polar surface area (TPSA) is 83.5 Å². The van der Waals surface area contributed by atoms with E-state index in [0.29, 0.717) is 0 Å². The van der Waals surface area contributed by atoms with E-state index in [4.69, 9.17) is 27.5 Å². The van der Waals surface area contributed by atoms with Gasteiger partial charge < -0.3 is 15.9 Å². The average Bonchev–Trinajstić information content (AvgIpc) is 1.96. The predicted molar refractivity (Wildman–Crippen MR) is 44.5 cm³/mol. The third-order valence-corrected chi connectivity index (χ3v) is 1.65. The highest BCUT2D eigenvalue weighted by atomic mass is 35.5. The number of aromatic carboxylic acids is 1. The van der Waals surface area contributed by atoms with Crippen molar-refractivity contribution in [3.8, 4) is 5.75 Å². The molecule has 0 aliphatic rings. The first-order valence-corrected chi connectivity index (χ1v) is 3.41. The maximum Gasteiger partial charge on any atom is 0.337 e. The van der Waals surface area contributed by atoms with Crippen LogP contribution in [0.1, 0.15) is 10.4 Å². The Morgan fingerprint density at radius 1 is 1.50 bits per heavy atom. The number of halogens is 1. The Hall–Kier alpha value is -1.42. The van der Waals surface area contributed by atoms with Crippen LogP contribution in [-0.4, -0.2) is 16.2 Å². The van der Waals surface area contributed by atoms with Crippen molar-refractivity contribution in [2.75, 3.05) is 5.73 Å². The Balaban J connectivity index is 3.33. The molecule has 0 heterocycles. The van der Waals surface area contributed by atoms with Gasteiger partial charge in [0.2, 0.25) is 0 Å². The molecule has 0 unspecified atom stereocenters. The Kier molecular flexibility index (Phi) is 2.10. The molecule has 0 aliphatic heterocycles. The number of phenolic OH excluding ortho intramolecular Hbond substituents is 1. The summed E-state index contributed by atoms with van der Waals surface area (Å²) in [6.07, 6.45) is 0. The Morgan fingerprint density at radius 3 is 2.58 bits per heavy atom. The third kappa shape index (κ3) is 1.43. The van der Waals surface area contributed by atoms with Crippen molar-refractivity contribution in [1.82, 2.24) is 0 Å². The van der Waals surface area contributed by atoms with Crippen molar-refractivity contribution < 1.29 is 15.0 Å². The van der Waals surface area contributed by atoms with Crippen LogP contribution in [0, 0.1) is 0 Å². The Morgan fingerprint density at radius 2 is 2.08 bits per heavy atom. The fourth-order valence-electron chi connectivity index (χ4n) is 0.762. The summed E-state index contributed by atoms with van der Waals surface area (Å²) in [7, 11) is 0. The average molecular weight is 188 g/mol. The van der Waals surface area contributed by atoms with Gasteiger partial charge in [0.15, 0.2) is 0 Å². The van der Waals surface area contributed by atoms with Crippen molar-refractivity contribution in [3.05, 3.63) is 22.7 Å². The number of benzene rings is 1. The molecule has 1 rings (SSSR count). The molecule has 0 saturated carbocycles. The van der Waals surface area contributed by atoms with Crippen LogP contribution >= 0.6 is 11.6 Å². The lowest BCUT2D eigenvalue weighted by atomic mass is 10.2. The summed E-state index contributed by atoms with van der Waals surface area (Å²) in [4.78, 5) is 10.5. The van der Waals surface area contributed by atoms with E-state index in [1.54, 1.807) is 0 Å². The van der Waals surface area contributed by atoms with Gasteiger partial charge >= 0.3 is 5.97 Å². The van der Waals surface area contributed by atoms with Crippen LogP contribution in [0.25, 0.3) is 0 Å². The molecule has 0 saturated heterocycles. The van der Waals surface area contributed by atoms with E-state index < -0.39 is 5.97 Å². The van der Waals surface area contributed by atoms with Gasteiger partial charge in [0.05, 0.1) is 10.6 Å². The van der Waals surface area contributed by atoms with Gasteiger partial charge in [0.1, 0.15) is 5.75 Å². The number of carboxylic acids is 1. The molecule has 12 heavy (non-hydrogen) atoms. The van der Waals surface area contributed by atoms with E-state index in [2.05, 4.69) is 0 Å². The van der Waals surface area contributed by atoms with Gasteiger partial charge in [-0.05, 0) is 12.1 Å². The highest BCUT2D eigenvalue weighted by Crippen LogP contribution is 2.28. The van der Waals surface area contributed by atoms with Crippen LogP contribution in [0.5, 0.6) is 5.75 Å². The van der Waals surface area contributed by atoms with E-state index in [1.165, 1.54) is 6.07 Å². The Labute approximate surface area is 73.2 Å². The van der Waals surface area contributed by atoms with E-state index in [-0.39, 0.29) is 22.0 Å². The molecule has 5 heteroatoms. The van der Waals surface area contributed by atoms with Gasteiger partial charge in [-0.3, -0.25) is 0 Å². The molecule has 0 fully saturated rings. The minimum Gasteiger partial charge on any atom is -0.506 e. The highest BCUT2D eigenvalue weighted by molar-refractivity contribution is 6.32. The van der Waals surface area contributed by atoms with Gasteiger partial charge in [-0.25, -0.2) is 4.79 Å².